The number of carbonyl (C=O) groups is 1. The quantitative estimate of drug-likeness (QED) is 0.724. The van der Waals surface area contributed by atoms with E-state index in [0.717, 1.165) is 25.1 Å². The van der Waals surface area contributed by atoms with Gasteiger partial charge < -0.3 is 14.6 Å². The summed E-state index contributed by atoms with van der Waals surface area (Å²) in [5, 5.41) is 2.92. The zero-order valence-electron chi connectivity index (χ0n) is 13.0. The van der Waals surface area contributed by atoms with Gasteiger partial charge in [0, 0.05) is 31.9 Å². The van der Waals surface area contributed by atoms with Crippen LogP contribution in [0, 0.1) is 6.92 Å². The van der Waals surface area contributed by atoms with Crippen LogP contribution in [0.3, 0.4) is 0 Å². The SMILES string of the molecule is Cc1cccc(OCCCC(=O)NCCCn2ccnc2)c1. The predicted octanol–water partition coefficient (Wildman–Crippen LogP) is 2.56. The molecule has 5 heteroatoms. The molecule has 0 aliphatic carbocycles. The van der Waals surface area contributed by atoms with Gasteiger partial charge in [-0.2, -0.15) is 0 Å². The van der Waals surface area contributed by atoms with Gasteiger partial charge in [0.25, 0.3) is 0 Å². The summed E-state index contributed by atoms with van der Waals surface area (Å²) in [6.07, 6.45) is 7.59. The van der Waals surface area contributed by atoms with Gasteiger partial charge in [-0.3, -0.25) is 4.79 Å². The fourth-order valence-electron chi connectivity index (χ4n) is 2.12. The number of amides is 1. The number of nitrogens with zero attached hydrogens (tertiary/aromatic N) is 2. The van der Waals surface area contributed by atoms with Crippen LogP contribution in [0.1, 0.15) is 24.8 Å². The average molecular weight is 301 g/mol. The molecule has 0 atom stereocenters. The van der Waals surface area contributed by atoms with Crippen molar-refractivity contribution >= 4 is 5.91 Å². The fourth-order valence-corrected chi connectivity index (χ4v) is 2.12. The zero-order valence-corrected chi connectivity index (χ0v) is 13.0. The second-order valence-electron chi connectivity index (χ2n) is 5.27. The van der Waals surface area contributed by atoms with E-state index in [-0.39, 0.29) is 5.91 Å². The topological polar surface area (TPSA) is 56.1 Å². The summed E-state index contributed by atoms with van der Waals surface area (Å²) in [7, 11) is 0. The highest BCUT2D eigenvalue weighted by atomic mass is 16.5. The molecular weight excluding hydrogens is 278 g/mol. The number of ether oxygens (including phenoxy) is 1. The number of hydrogen-bond acceptors (Lipinski definition) is 3. The largest absolute Gasteiger partial charge is 0.494 e. The van der Waals surface area contributed by atoms with Crippen LogP contribution in [-0.4, -0.2) is 28.6 Å². The number of hydrogen-bond donors (Lipinski definition) is 1. The van der Waals surface area contributed by atoms with Gasteiger partial charge in [-0.25, -0.2) is 4.98 Å². The highest BCUT2D eigenvalue weighted by molar-refractivity contribution is 5.75. The molecule has 0 radical (unpaired) electrons. The minimum atomic E-state index is 0.0819. The normalized spacial score (nSPS) is 10.4. The first kappa shape index (κ1) is 16.1. The van der Waals surface area contributed by atoms with Crippen LogP contribution in [-0.2, 0) is 11.3 Å². The van der Waals surface area contributed by atoms with Gasteiger partial charge in [-0.05, 0) is 37.5 Å². The molecule has 2 rings (SSSR count). The first-order valence-corrected chi connectivity index (χ1v) is 7.66. The molecule has 0 unspecified atom stereocenters. The maximum absolute atomic E-state index is 11.7. The van der Waals surface area contributed by atoms with Gasteiger partial charge in [0.15, 0.2) is 0 Å². The molecule has 0 aliphatic heterocycles. The van der Waals surface area contributed by atoms with Crippen molar-refractivity contribution in [2.24, 2.45) is 0 Å². The van der Waals surface area contributed by atoms with E-state index in [9.17, 15) is 4.79 Å². The summed E-state index contributed by atoms with van der Waals surface area (Å²) < 4.78 is 7.62. The van der Waals surface area contributed by atoms with E-state index >= 15 is 0 Å². The third kappa shape index (κ3) is 5.99. The number of imidazole rings is 1. The Kier molecular flexibility index (Phi) is 6.48. The summed E-state index contributed by atoms with van der Waals surface area (Å²) in [6, 6.07) is 7.93. The summed E-state index contributed by atoms with van der Waals surface area (Å²) in [6.45, 7) is 4.16. The van der Waals surface area contributed by atoms with Gasteiger partial charge in [0.2, 0.25) is 5.91 Å². The van der Waals surface area contributed by atoms with Crippen LogP contribution < -0.4 is 10.1 Å². The Hall–Kier alpha value is -2.30. The molecule has 1 N–H and O–H groups in total. The van der Waals surface area contributed by atoms with Crippen molar-refractivity contribution in [3.05, 3.63) is 48.5 Å². The van der Waals surface area contributed by atoms with E-state index in [1.807, 2.05) is 42.0 Å². The lowest BCUT2D eigenvalue weighted by Gasteiger charge is -2.08. The maximum atomic E-state index is 11.7. The van der Waals surface area contributed by atoms with Gasteiger partial charge >= 0.3 is 0 Å². The van der Waals surface area contributed by atoms with Crippen LogP contribution in [0.4, 0.5) is 0 Å². The monoisotopic (exact) mass is 301 g/mol. The van der Waals surface area contributed by atoms with Crippen LogP contribution in [0.25, 0.3) is 0 Å². The number of rotatable bonds is 9. The molecular formula is C17H23N3O2. The highest BCUT2D eigenvalue weighted by Crippen LogP contribution is 2.12. The molecule has 0 saturated heterocycles. The van der Waals surface area contributed by atoms with E-state index < -0.39 is 0 Å². The zero-order chi connectivity index (χ0) is 15.6. The first-order chi connectivity index (χ1) is 10.7. The van der Waals surface area contributed by atoms with Crippen LogP contribution in [0.2, 0.25) is 0 Å². The molecule has 1 aromatic heterocycles. The third-order valence-electron chi connectivity index (χ3n) is 3.28. The molecule has 5 nitrogen and oxygen atoms in total. The van der Waals surface area contributed by atoms with Gasteiger partial charge in [0.1, 0.15) is 5.75 Å². The lowest BCUT2D eigenvalue weighted by Crippen LogP contribution is -2.25. The van der Waals surface area contributed by atoms with E-state index in [4.69, 9.17) is 4.74 Å². The van der Waals surface area contributed by atoms with Crippen LogP contribution in [0.5, 0.6) is 5.75 Å². The first-order valence-electron chi connectivity index (χ1n) is 7.66. The second kappa shape index (κ2) is 8.87. The molecule has 0 aliphatic rings. The smallest absolute Gasteiger partial charge is 0.220 e. The Morgan fingerprint density at radius 2 is 2.27 bits per heavy atom. The van der Waals surface area contributed by atoms with Crippen molar-refractivity contribution in [2.45, 2.75) is 32.7 Å². The average Bonchev–Trinajstić information content (AvgIpc) is 3.02. The van der Waals surface area contributed by atoms with Crippen LogP contribution >= 0.6 is 0 Å². The number of aryl methyl sites for hydroxylation is 2. The highest BCUT2D eigenvalue weighted by Gasteiger charge is 2.01. The van der Waals surface area contributed by atoms with E-state index in [0.29, 0.717) is 19.6 Å². The molecule has 1 heterocycles. The van der Waals surface area contributed by atoms with Crippen molar-refractivity contribution in [3.8, 4) is 5.75 Å². The summed E-state index contributed by atoms with van der Waals surface area (Å²) in [4.78, 5) is 15.7. The molecule has 2 aromatic rings. The Morgan fingerprint density at radius 1 is 1.36 bits per heavy atom. The maximum Gasteiger partial charge on any atom is 0.220 e. The Bertz CT molecular complexity index is 567. The summed E-state index contributed by atoms with van der Waals surface area (Å²) in [5.41, 5.74) is 1.17. The van der Waals surface area contributed by atoms with Gasteiger partial charge in [-0.1, -0.05) is 12.1 Å². The molecule has 1 aromatic carbocycles. The van der Waals surface area contributed by atoms with Gasteiger partial charge in [-0.15, -0.1) is 0 Å². The van der Waals surface area contributed by atoms with Crippen molar-refractivity contribution in [2.75, 3.05) is 13.2 Å². The van der Waals surface area contributed by atoms with Crippen molar-refractivity contribution in [1.82, 2.24) is 14.9 Å². The number of aromatic nitrogens is 2. The molecule has 22 heavy (non-hydrogen) atoms. The Morgan fingerprint density at radius 3 is 3.05 bits per heavy atom. The molecule has 0 spiro atoms. The Labute approximate surface area is 131 Å². The lowest BCUT2D eigenvalue weighted by atomic mass is 10.2. The number of nitrogens with one attached hydrogen (secondary N) is 1. The molecule has 1 amide bonds. The summed E-state index contributed by atoms with van der Waals surface area (Å²) >= 11 is 0. The van der Waals surface area contributed by atoms with E-state index in [2.05, 4.69) is 10.3 Å². The molecule has 118 valence electrons. The predicted molar refractivity (Wildman–Crippen MR) is 85.8 cm³/mol. The van der Waals surface area contributed by atoms with Crippen molar-refractivity contribution < 1.29 is 9.53 Å². The number of benzene rings is 1. The molecule has 0 saturated carbocycles. The number of carbonyl (C=O) groups excluding carboxylic acids is 1. The summed E-state index contributed by atoms with van der Waals surface area (Å²) in [5.74, 6) is 0.944. The molecule has 0 bridgehead atoms. The molecule has 0 fully saturated rings. The second-order valence-corrected chi connectivity index (χ2v) is 5.27. The van der Waals surface area contributed by atoms with E-state index in [1.54, 1.807) is 12.5 Å². The standard InChI is InChI=1S/C17H23N3O2/c1-15-5-2-6-16(13-15)22-12-3-7-17(21)19-8-4-10-20-11-9-18-14-20/h2,5-6,9,11,13-14H,3-4,7-8,10,12H2,1H3,(H,19,21). The fraction of sp³-hybridized carbons (Fsp3) is 0.412. The van der Waals surface area contributed by atoms with Crippen LogP contribution in [0.15, 0.2) is 43.0 Å². The minimum Gasteiger partial charge on any atom is -0.494 e. The minimum absolute atomic E-state index is 0.0819. The lowest BCUT2D eigenvalue weighted by molar-refractivity contribution is -0.121. The van der Waals surface area contributed by atoms with Gasteiger partial charge in [0.05, 0.1) is 12.9 Å². The van der Waals surface area contributed by atoms with E-state index in [1.165, 1.54) is 5.56 Å². The Balaban J connectivity index is 1.50. The third-order valence-corrected chi connectivity index (χ3v) is 3.28. The van der Waals surface area contributed by atoms with Crippen molar-refractivity contribution in [1.29, 1.82) is 0 Å². The van der Waals surface area contributed by atoms with Crippen molar-refractivity contribution in [3.63, 3.8) is 0 Å².